The summed E-state index contributed by atoms with van der Waals surface area (Å²) in [7, 11) is 0. The molecular weight excluding hydrogens is 315 g/mol. The Kier molecular flexibility index (Phi) is 5.00. The smallest absolute Gasteiger partial charge is 0.267 e. The van der Waals surface area contributed by atoms with Crippen LogP contribution in [0.3, 0.4) is 0 Å². The minimum Gasteiger partial charge on any atom is -0.267 e. The fourth-order valence-corrected chi connectivity index (χ4v) is 2.40. The number of hydrogen-bond acceptors (Lipinski definition) is 2. The Morgan fingerprint density at radius 3 is 2.00 bits per heavy atom. The van der Waals surface area contributed by atoms with Crippen LogP contribution in [0.25, 0.3) is 11.1 Å². The first-order valence-electron chi connectivity index (χ1n) is 7.89. The summed E-state index contributed by atoms with van der Waals surface area (Å²) >= 11 is 0. The molecule has 124 valence electrons. The van der Waals surface area contributed by atoms with Crippen molar-refractivity contribution < 1.29 is 9.18 Å². The van der Waals surface area contributed by atoms with Crippen molar-refractivity contribution in [3.63, 3.8) is 0 Å². The van der Waals surface area contributed by atoms with Gasteiger partial charge in [-0.25, -0.2) is 9.82 Å². The van der Waals surface area contributed by atoms with Crippen LogP contribution < -0.4 is 5.43 Å². The lowest BCUT2D eigenvalue weighted by molar-refractivity contribution is 0.0955. The molecule has 0 fully saturated rings. The molecule has 0 spiro atoms. The largest absolute Gasteiger partial charge is 0.271 e. The number of rotatable bonds is 4. The fraction of sp³-hybridized carbons (Fsp3) is 0.0476. The predicted molar refractivity (Wildman–Crippen MR) is 98.0 cm³/mol. The highest BCUT2D eigenvalue weighted by Gasteiger charge is 2.06. The van der Waals surface area contributed by atoms with Crippen molar-refractivity contribution in [1.82, 2.24) is 5.43 Å². The summed E-state index contributed by atoms with van der Waals surface area (Å²) in [5.41, 5.74) is 6.55. The molecule has 25 heavy (non-hydrogen) atoms. The fourth-order valence-electron chi connectivity index (χ4n) is 2.40. The second-order valence-corrected chi connectivity index (χ2v) is 5.59. The van der Waals surface area contributed by atoms with Crippen LogP contribution in [-0.4, -0.2) is 11.6 Å². The van der Waals surface area contributed by atoms with Gasteiger partial charge in [-0.05, 0) is 47.9 Å². The van der Waals surface area contributed by atoms with E-state index in [0.717, 1.165) is 16.7 Å². The van der Waals surface area contributed by atoms with Gasteiger partial charge in [0.25, 0.3) is 5.91 Å². The first-order chi connectivity index (χ1) is 12.1. The van der Waals surface area contributed by atoms with Crippen molar-refractivity contribution in [2.45, 2.75) is 6.92 Å². The van der Waals surface area contributed by atoms with Crippen LogP contribution in [0.1, 0.15) is 22.8 Å². The molecule has 3 rings (SSSR count). The predicted octanol–water partition coefficient (Wildman–Crippen LogP) is 4.65. The first kappa shape index (κ1) is 16.6. The van der Waals surface area contributed by atoms with Gasteiger partial charge in [0.1, 0.15) is 5.82 Å². The molecule has 0 unspecified atom stereocenters. The first-order valence-corrected chi connectivity index (χ1v) is 7.89. The van der Waals surface area contributed by atoms with Gasteiger partial charge in [0.15, 0.2) is 0 Å². The zero-order valence-electron chi connectivity index (χ0n) is 13.7. The van der Waals surface area contributed by atoms with E-state index >= 15 is 0 Å². The minimum absolute atomic E-state index is 0.291. The molecule has 4 heteroatoms. The van der Waals surface area contributed by atoms with E-state index in [2.05, 4.69) is 10.5 Å². The van der Waals surface area contributed by atoms with Gasteiger partial charge in [-0.3, -0.25) is 4.79 Å². The van der Waals surface area contributed by atoms with Gasteiger partial charge in [-0.1, -0.05) is 54.6 Å². The molecule has 0 aliphatic rings. The number of nitrogens with zero attached hydrogens (tertiary/aromatic N) is 1. The van der Waals surface area contributed by atoms with E-state index < -0.39 is 0 Å². The Bertz CT molecular complexity index is 885. The Morgan fingerprint density at radius 2 is 1.36 bits per heavy atom. The Labute approximate surface area is 145 Å². The van der Waals surface area contributed by atoms with E-state index in [1.54, 1.807) is 31.2 Å². The van der Waals surface area contributed by atoms with Crippen molar-refractivity contribution in [2.24, 2.45) is 5.10 Å². The molecule has 0 bridgehead atoms. The molecule has 0 aliphatic carbocycles. The van der Waals surface area contributed by atoms with Gasteiger partial charge in [0.2, 0.25) is 0 Å². The zero-order chi connectivity index (χ0) is 17.6. The maximum Gasteiger partial charge on any atom is 0.271 e. The number of carbonyl (C=O) groups excluding carboxylic acids is 1. The summed E-state index contributed by atoms with van der Waals surface area (Å²) in [6.07, 6.45) is 0. The van der Waals surface area contributed by atoms with Gasteiger partial charge < -0.3 is 0 Å². The maximum absolute atomic E-state index is 12.9. The number of hydrazone groups is 1. The molecule has 0 radical (unpaired) electrons. The highest BCUT2D eigenvalue weighted by atomic mass is 19.1. The van der Waals surface area contributed by atoms with Crippen molar-refractivity contribution in [2.75, 3.05) is 0 Å². The van der Waals surface area contributed by atoms with Crippen LogP contribution in [0.15, 0.2) is 84.0 Å². The molecule has 0 aliphatic heterocycles. The second kappa shape index (κ2) is 7.53. The lowest BCUT2D eigenvalue weighted by Gasteiger charge is -2.05. The zero-order valence-corrected chi connectivity index (χ0v) is 13.7. The molecule has 1 N–H and O–H groups in total. The monoisotopic (exact) mass is 332 g/mol. The van der Waals surface area contributed by atoms with Crippen molar-refractivity contribution >= 4 is 11.6 Å². The molecule has 0 atom stereocenters. The van der Waals surface area contributed by atoms with E-state index in [-0.39, 0.29) is 11.7 Å². The maximum atomic E-state index is 12.9. The summed E-state index contributed by atoms with van der Waals surface area (Å²) in [4.78, 5) is 12.2. The number of halogens is 1. The molecule has 3 aromatic carbocycles. The number of nitrogens with one attached hydrogen (secondary N) is 1. The Balaban J connectivity index is 1.69. The normalized spacial score (nSPS) is 11.2. The standard InChI is InChI=1S/C21H17FN2O/c1-15(16-11-13-20(22)14-12-16)23-24-21(25)19-9-7-18(8-10-19)17-5-3-2-4-6-17/h2-14H,1H3,(H,24,25). The van der Waals surface area contributed by atoms with E-state index in [4.69, 9.17) is 0 Å². The number of hydrogen-bond donors (Lipinski definition) is 1. The second-order valence-electron chi connectivity index (χ2n) is 5.59. The molecule has 0 saturated heterocycles. The van der Waals surface area contributed by atoms with Crippen molar-refractivity contribution in [1.29, 1.82) is 0 Å². The molecule has 0 saturated carbocycles. The van der Waals surface area contributed by atoms with Crippen LogP contribution in [0.5, 0.6) is 0 Å². The van der Waals surface area contributed by atoms with Gasteiger partial charge in [0, 0.05) is 5.56 Å². The van der Waals surface area contributed by atoms with Crippen molar-refractivity contribution in [3.8, 4) is 11.1 Å². The van der Waals surface area contributed by atoms with E-state index in [1.807, 2.05) is 42.5 Å². The average molecular weight is 332 g/mol. The molecular formula is C21H17FN2O. The lowest BCUT2D eigenvalue weighted by Crippen LogP contribution is -2.19. The summed E-state index contributed by atoms with van der Waals surface area (Å²) in [6, 6.07) is 23.2. The summed E-state index contributed by atoms with van der Waals surface area (Å²) in [6.45, 7) is 1.76. The third-order valence-electron chi connectivity index (χ3n) is 3.84. The van der Waals surface area contributed by atoms with Gasteiger partial charge in [0.05, 0.1) is 5.71 Å². The van der Waals surface area contributed by atoms with E-state index in [1.165, 1.54) is 12.1 Å². The number of carbonyl (C=O) groups is 1. The lowest BCUT2D eigenvalue weighted by atomic mass is 10.0. The highest BCUT2D eigenvalue weighted by Crippen LogP contribution is 2.19. The Hall–Kier alpha value is -3.27. The van der Waals surface area contributed by atoms with Gasteiger partial charge >= 0.3 is 0 Å². The summed E-state index contributed by atoms with van der Waals surface area (Å²) in [5, 5.41) is 4.08. The molecule has 0 heterocycles. The third-order valence-corrected chi connectivity index (χ3v) is 3.84. The SMILES string of the molecule is CC(=NNC(=O)c1ccc(-c2ccccc2)cc1)c1ccc(F)cc1. The van der Waals surface area contributed by atoms with Crippen LogP contribution in [0.2, 0.25) is 0 Å². The average Bonchev–Trinajstić information content (AvgIpc) is 2.67. The molecule has 3 nitrogen and oxygen atoms in total. The summed E-state index contributed by atoms with van der Waals surface area (Å²) < 4.78 is 12.9. The molecule has 0 aromatic heterocycles. The summed E-state index contributed by atoms with van der Waals surface area (Å²) in [5.74, 6) is -0.597. The van der Waals surface area contributed by atoms with Gasteiger partial charge in [-0.15, -0.1) is 0 Å². The van der Waals surface area contributed by atoms with E-state index in [0.29, 0.717) is 11.3 Å². The van der Waals surface area contributed by atoms with Gasteiger partial charge in [-0.2, -0.15) is 5.10 Å². The number of benzene rings is 3. The molecule has 1 amide bonds. The van der Waals surface area contributed by atoms with E-state index in [9.17, 15) is 9.18 Å². The van der Waals surface area contributed by atoms with Crippen LogP contribution >= 0.6 is 0 Å². The quantitative estimate of drug-likeness (QED) is 0.548. The minimum atomic E-state index is -0.306. The highest BCUT2D eigenvalue weighted by molar-refractivity contribution is 6.00. The van der Waals surface area contributed by atoms with Crippen LogP contribution in [0.4, 0.5) is 4.39 Å². The van der Waals surface area contributed by atoms with Crippen LogP contribution in [0, 0.1) is 5.82 Å². The van der Waals surface area contributed by atoms with Crippen molar-refractivity contribution in [3.05, 3.63) is 95.8 Å². The van der Waals surface area contributed by atoms with Crippen LogP contribution in [-0.2, 0) is 0 Å². The number of amides is 1. The Morgan fingerprint density at radius 1 is 0.800 bits per heavy atom. The molecule has 3 aromatic rings. The third kappa shape index (κ3) is 4.18. The topological polar surface area (TPSA) is 41.5 Å².